The van der Waals surface area contributed by atoms with E-state index in [1.807, 2.05) is 6.92 Å². The van der Waals surface area contributed by atoms with Crippen molar-refractivity contribution in [1.82, 2.24) is 10.6 Å². The van der Waals surface area contributed by atoms with Gasteiger partial charge in [0.05, 0.1) is 16.9 Å². The first-order valence-corrected chi connectivity index (χ1v) is 8.46. The van der Waals surface area contributed by atoms with Crippen molar-refractivity contribution in [2.24, 2.45) is 5.41 Å². The van der Waals surface area contributed by atoms with E-state index in [1.54, 1.807) is 0 Å². The average molecular weight is 274 g/mol. The van der Waals surface area contributed by atoms with Crippen LogP contribution < -0.4 is 10.6 Å². The number of piperidine rings is 1. The largest absolute Gasteiger partial charge is 0.352 e. The molecule has 0 spiro atoms. The van der Waals surface area contributed by atoms with Crippen LogP contribution in [-0.2, 0) is 14.6 Å². The van der Waals surface area contributed by atoms with Crippen LogP contribution in [0.5, 0.6) is 0 Å². The van der Waals surface area contributed by atoms with E-state index in [4.69, 9.17) is 0 Å². The maximum Gasteiger partial charge on any atom is 0.227 e. The molecule has 2 heterocycles. The molecule has 104 valence electrons. The lowest BCUT2D eigenvalue weighted by atomic mass is 9.81. The molecule has 0 aromatic carbocycles. The Kier molecular flexibility index (Phi) is 3.96. The molecule has 2 saturated heterocycles. The van der Waals surface area contributed by atoms with Crippen molar-refractivity contribution < 1.29 is 13.2 Å². The van der Waals surface area contributed by atoms with Gasteiger partial charge in [-0.2, -0.15) is 0 Å². The molecule has 6 heteroatoms. The van der Waals surface area contributed by atoms with Crippen LogP contribution in [0.1, 0.15) is 32.6 Å². The number of hydrogen-bond acceptors (Lipinski definition) is 4. The van der Waals surface area contributed by atoms with Gasteiger partial charge >= 0.3 is 0 Å². The zero-order valence-corrected chi connectivity index (χ0v) is 11.7. The highest BCUT2D eigenvalue weighted by molar-refractivity contribution is 7.91. The van der Waals surface area contributed by atoms with E-state index in [2.05, 4.69) is 10.6 Å². The molecule has 2 aliphatic rings. The second kappa shape index (κ2) is 5.17. The minimum atomic E-state index is -2.96. The van der Waals surface area contributed by atoms with Gasteiger partial charge in [-0.15, -0.1) is 0 Å². The van der Waals surface area contributed by atoms with Gasteiger partial charge in [0.25, 0.3) is 0 Å². The number of carbonyl (C=O) groups excluding carboxylic acids is 1. The van der Waals surface area contributed by atoms with Gasteiger partial charge < -0.3 is 10.6 Å². The van der Waals surface area contributed by atoms with Gasteiger partial charge in [-0.25, -0.2) is 8.42 Å². The quantitative estimate of drug-likeness (QED) is 0.747. The highest BCUT2D eigenvalue weighted by Crippen LogP contribution is 2.26. The highest BCUT2D eigenvalue weighted by atomic mass is 32.2. The molecule has 0 unspecified atom stereocenters. The lowest BCUT2D eigenvalue weighted by Gasteiger charge is -2.35. The molecule has 0 aliphatic carbocycles. The SMILES string of the molecule is C[C@]1(C(=O)N[C@@H]2CCCS(=O)(=O)C2)CCCNC1. The maximum absolute atomic E-state index is 12.3. The predicted octanol–water partition coefficient (Wildman–Crippen LogP) is 0.0695. The second-order valence-electron chi connectivity index (χ2n) is 5.77. The molecule has 0 bridgehead atoms. The number of rotatable bonds is 2. The van der Waals surface area contributed by atoms with Crippen LogP contribution in [-0.4, -0.2) is 45.0 Å². The van der Waals surface area contributed by atoms with Gasteiger partial charge in [0.2, 0.25) is 5.91 Å². The molecule has 0 aromatic rings. The molecule has 18 heavy (non-hydrogen) atoms. The molecule has 2 rings (SSSR count). The zero-order chi connectivity index (χ0) is 13.2. The summed E-state index contributed by atoms with van der Waals surface area (Å²) in [6.07, 6.45) is 3.29. The fourth-order valence-electron chi connectivity index (χ4n) is 2.75. The molecule has 0 radical (unpaired) electrons. The van der Waals surface area contributed by atoms with Crippen molar-refractivity contribution in [3.05, 3.63) is 0 Å². The Balaban J connectivity index is 1.94. The monoisotopic (exact) mass is 274 g/mol. The summed E-state index contributed by atoms with van der Waals surface area (Å²) in [6.45, 7) is 3.59. The van der Waals surface area contributed by atoms with Crippen LogP contribution in [0.2, 0.25) is 0 Å². The molecule has 2 N–H and O–H groups in total. The van der Waals surface area contributed by atoms with E-state index in [0.717, 1.165) is 25.8 Å². The fraction of sp³-hybridized carbons (Fsp3) is 0.917. The molecular formula is C12H22N2O3S. The Morgan fingerprint density at radius 2 is 2.17 bits per heavy atom. The van der Waals surface area contributed by atoms with Crippen molar-refractivity contribution in [2.75, 3.05) is 24.6 Å². The normalized spacial score (nSPS) is 35.9. The third-order valence-corrected chi connectivity index (χ3v) is 5.76. The Labute approximate surface area is 109 Å². The molecule has 2 fully saturated rings. The van der Waals surface area contributed by atoms with Gasteiger partial charge in [-0.3, -0.25) is 4.79 Å². The van der Waals surface area contributed by atoms with Gasteiger partial charge in [-0.05, 0) is 39.2 Å². The predicted molar refractivity (Wildman–Crippen MR) is 70.0 cm³/mol. The first kappa shape index (κ1) is 13.8. The topological polar surface area (TPSA) is 75.3 Å². The van der Waals surface area contributed by atoms with Crippen LogP contribution in [0.3, 0.4) is 0 Å². The Morgan fingerprint density at radius 1 is 1.39 bits per heavy atom. The zero-order valence-electron chi connectivity index (χ0n) is 10.9. The minimum absolute atomic E-state index is 0.00296. The van der Waals surface area contributed by atoms with Crippen molar-refractivity contribution in [3.63, 3.8) is 0 Å². The van der Waals surface area contributed by atoms with Crippen LogP contribution in [0, 0.1) is 5.41 Å². The van der Waals surface area contributed by atoms with E-state index in [-0.39, 0.29) is 28.9 Å². The van der Waals surface area contributed by atoms with E-state index in [1.165, 1.54) is 0 Å². The molecule has 5 nitrogen and oxygen atoms in total. The van der Waals surface area contributed by atoms with Crippen molar-refractivity contribution in [3.8, 4) is 0 Å². The summed E-state index contributed by atoms with van der Waals surface area (Å²) in [5.74, 6) is 0.359. The Bertz CT molecular complexity index is 413. The summed E-state index contributed by atoms with van der Waals surface area (Å²) in [4.78, 5) is 12.3. The smallest absolute Gasteiger partial charge is 0.227 e. The standard InChI is InChI=1S/C12H22N2O3S/c1-12(5-3-6-13-9-12)11(15)14-10-4-2-7-18(16,17)8-10/h10,13H,2-9H2,1H3,(H,14,15)/t10-,12+/m1/s1. The summed E-state index contributed by atoms with van der Waals surface area (Å²) >= 11 is 0. The van der Waals surface area contributed by atoms with Crippen LogP contribution in [0.4, 0.5) is 0 Å². The van der Waals surface area contributed by atoms with E-state index >= 15 is 0 Å². The van der Waals surface area contributed by atoms with Crippen LogP contribution in [0.25, 0.3) is 0 Å². The Hall–Kier alpha value is -0.620. The number of nitrogens with one attached hydrogen (secondary N) is 2. The van der Waals surface area contributed by atoms with Crippen molar-refractivity contribution in [2.45, 2.75) is 38.6 Å². The number of carbonyl (C=O) groups is 1. The number of sulfone groups is 1. The molecule has 2 aliphatic heterocycles. The maximum atomic E-state index is 12.3. The van der Waals surface area contributed by atoms with E-state index < -0.39 is 9.84 Å². The molecule has 0 saturated carbocycles. The molecular weight excluding hydrogens is 252 g/mol. The summed E-state index contributed by atoms with van der Waals surface area (Å²) in [5.41, 5.74) is -0.389. The average Bonchev–Trinajstić information content (AvgIpc) is 2.28. The fourth-order valence-corrected chi connectivity index (χ4v) is 4.38. The van der Waals surface area contributed by atoms with E-state index in [0.29, 0.717) is 13.0 Å². The van der Waals surface area contributed by atoms with Crippen LogP contribution >= 0.6 is 0 Å². The van der Waals surface area contributed by atoms with Gasteiger partial charge in [-0.1, -0.05) is 0 Å². The van der Waals surface area contributed by atoms with E-state index in [9.17, 15) is 13.2 Å². The Morgan fingerprint density at radius 3 is 2.78 bits per heavy atom. The number of hydrogen-bond donors (Lipinski definition) is 2. The summed E-state index contributed by atoms with van der Waals surface area (Å²) in [7, 11) is -2.96. The first-order valence-electron chi connectivity index (χ1n) is 6.63. The van der Waals surface area contributed by atoms with Crippen molar-refractivity contribution in [1.29, 1.82) is 0 Å². The molecule has 2 atom stereocenters. The number of amides is 1. The van der Waals surface area contributed by atoms with Gasteiger partial charge in [0.15, 0.2) is 9.84 Å². The van der Waals surface area contributed by atoms with Crippen LogP contribution in [0.15, 0.2) is 0 Å². The van der Waals surface area contributed by atoms with Gasteiger partial charge in [0, 0.05) is 12.6 Å². The van der Waals surface area contributed by atoms with Crippen molar-refractivity contribution >= 4 is 15.7 Å². The second-order valence-corrected chi connectivity index (χ2v) is 8.00. The summed E-state index contributed by atoms with van der Waals surface area (Å²) < 4.78 is 23.1. The third-order valence-electron chi connectivity index (χ3n) is 3.94. The summed E-state index contributed by atoms with van der Waals surface area (Å²) in [5, 5.41) is 6.16. The van der Waals surface area contributed by atoms with Gasteiger partial charge in [0.1, 0.15) is 0 Å². The minimum Gasteiger partial charge on any atom is -0.352 e. The molecule has 1 amide bonds. The lowest BCUT2D eigenvalue weighted by Crippen LogP contribution is -2.53. The summed E-state index contributed by atoms with van der Waals surface area (Å²) in [6, 6.07) is -0.199. The first-order chi connectivity index (χ1) is 8.41. The lowest BCUT2D eigenvalue weighted by molar-refractivity contribution is -0.131. The third kappa shape index (κ3) is 3.23. The highest BCUT2D eigenvalue weighted by Gasteiger charge is 2.36. The molecule has 0 aromatic heterocycles.